The molecular weight excluding hydrogens is 266 g/mol. The van der Waals surface area contributed by atoms with Crippen LogP contribution in [0.2, 0.25) is 0 Å². The fraction of sp³-hybridized carbons (Fsp3) is 0.647. The van der Waals surface area contributed by atoms with Crippen LogP contribution in [0.4, 0.5) is 0 Å². The summed E-state index contributed by atoms with van der Waals surface area (Å²) in [4.78, 5) is 0. The van der Waals surface area contributed by atoms with Gasteiger partial charge < -0.3 is 19.9 Å². The van der Waals surface area contributed by atoms with Crippen LogP contribution in [-0.2, 0) is 4.74 Å². The molecule has 0 saturated heterocycles. The Morgan fingerprint density at radius 1 is 1.14 bits per heavy atom. The maximum absolute atomic E-state index is 9.85. The standard InChI is InChI=1S/C17H29NO3/c1-13-6-8-16(9-7-13)20-11-14(2)18-10-15(19)12-21-17(3,4)5/h6-9,14-15,18-19H,10-12H2,1-5H3. The van der Waals surface area contributed by atoms with Gasteiger partial charge >= 0.3 is 0 Å². The van der Waals surface area contributed by atoms with E-state index in [1.807, 2.05) is 52.0 Å². The number of benzene rings is 1. The third-order valence-corrected chi connectivity index (χ3v) is 2.93. The van der Waals surface area contributed by atoms with Crippen molar-refractivity contribution in [1.29, 1.82) is 0 Å². The van der Waals surface area contributed by atoms with E-state index in [-0.39, 0.29) is 11.6 Å². The van der Waals surface area contributed by atoms with Crippen molar-refractivity contribution in [2.24, 2.45) is 0 Å². The first-order valence-corrected chi connectivity index (χ1v) is 7.51. The van der Waals surface area contributed by atoms with Crippen molar-refractivity contribution < 1.29 is 14.6 Å². The zero-order valence-electron chi connectivity index (χ0n) is 13.8. The van der Waals surface area contributed by atoms with E-state index in [0.29, 0.717) is 19.8 Å². The van der Waals surface area contributed by atoms with Crippen LogP contribution in [0.25, 0.3) is 0 Å². The Hall–Kier alpha value is -1.10. The van der Waals surface area contributed by atoms with E-state index < -0.39 is 6.10 Å². The van der Waals surface area contributed by atoms with Gasteiger partial charge in [0.25, 0.3) is 0 Å². The maximum atomic E-state index is 9.85. The molecule has 2 atom stereocenters. The summed E-state index contributed by atoms with van der Waals surface area (Å²) in [6, 6.07) is 8.15. The number of aliphatic hydroxyl groups excluding tert-OH is 1. The van der Waals surface area contributed by atoms with E-state index in [0.717, 1.165) is 5.75 Å². The molecule has 0 heterocycles. The molecule has 0 spiro atoms. The Kier molecular flexibility index (Phi) is 7.15. The summed E-state index contributed by atoms with van der Waals surface area (Å²) < 4.78 is 11.2. The molecule has 0 aliphatic carbocycles. The molecule has 0 aliphatic rings. The van der Waals surface area contributed by atoms with Crippen molar-refractivity contribution in [2.75, 3.05) is 19.8 Å². The van der Waals surface area contributed by atoms with E-state index >= 15 is 0 Å². The Labute approximate surface area is 128 Å². The molecule has 0 aliphatic heterocycles. The normalized spacial score (nSPS) is 14.8. The summed E-state index contributed by atoms with van der Waals surface area (Å²) in [6.45, 7) is 11.4. The van der Waals surface area contributed by atoms with Gasteiger partial charge in [-0.05, 0) is 46.8 Å². The topological polar surface area (TPSA) is 50.7 Å². The lowest BCUT2D eigenvalue weighted by Gasteiger charge is -2.23. The third kappa shape index (κ3) is 8.71. The second kappa shape index (κ2) is 8.37. The molecule has 2 N–H and O–H groups in total. The van der Waals surface area contributed by atoms with Crippen molar-refractivity contribution in [3.05, 3.63) is 29.8 Å². The number of ether oxygens (including phenoxy) is 2. The maximum Gasteiger partial charge on any atom is 0.119 e. The van der Waals surface area contributed by atoms with Crippen molar-refractivity contribution in [2.45, 2.75) is 52.4 Å². The minimum atomic E-state index is -0.508. The number of hydrogen-bond acceptors (Lipinski definition) is 4. The van der Waals surface area contributed by atoms with Crippen LogP contribution < -0.4 is 10.1 Å². The highest BCUT2D eigenvalue weighted by molar-refractivity contribution is 5.26. The molecule has 120 valence electrons. The van der Waals surface area contributed by atoms with Gasteiger partial charge in [0.05, 0.1) is 18.3 Å². The van der Waals surface area contributed by atoms with Gasteiger partial charge in [-0.15, -0.1) is 0 Å². The van der Waals surface area contributed by atoms with Gasteiger partial charge in [-0.25, -0.2) is 0 Å². The predicted molar refractivity (Wildman–Crippen MR) is 85.9 cm³/mol. The van der Waals surface area contributed by atoms with Gasteiger partial charge in [0, 0.05) is 12.6 Å². The van der Waals surface area contributed by atoms with Gasteiger partial charge in [0.15, 0.2) is 0 Å². The number of aryl methyl sites for hydroxylation is 1. The molecule has 0 saturated carbocycles. The van der Waals surface area contributed by atoms with Crippen LogP contribution in [0.15, 0.2) is 24.3 Å². The highest BCUT2D eigenvalue weighted by atomic mass is 16.5. The van der Waals surface area contributed by atoms with E-state index in [1.54, 1.807) is 0 Å². The van der Waals surface area contributed by atoms with E-state index in [1.165, 1.54) is 5.56 Å². The van der Waals surface area contributed by atoms with Crippen molar-refractivity contribution in [1.82, 2.24) is 5.32 Å². The fourth-order valence-electron chi connectivity index (χ4n) is 1.66. The summed E-state index contributed by atoms with van der Waals surface area (Å²) in [6.07, 6.45) is -0.508. The summed E-state index contributed by atoms with van der Waals surface area (Å²) >= 11 is 0. The summed E-state index contributed by atoms with van der Waals surface area (Å²) in [7, 11) is 0. The van der Waals surface area contributed by atoms with Gasteiger partial charge in [-0.2, -0.15) is 0 Å². The largest absolute Gasteiger partial charge is 0.492 e. The number of nitrogens with one attached hydrogen (secondary N) is 1. The summed E-state index contributed by atoms with van der Waals surface area (Å²) in [5.41, 5.74) is 0.997. The van der Waals surface area contributed by atoms with Crippen LogP contribution in [0.1, 0.15) is 33.3 Å². The molecule has 4 nitrogen and oxygen atoms in total. The molecule has 2 unspecified atom stereocenters. The Morgan fingerprint density at radius 3 is 2.33 bits per heavy atom. The van der Waals surface area contributed by atoms with Gasteiger partial charge in [0.1, 0.15) is 12.4 Å². The molecule has 21 heavy (non-hydrogen) atoms. The molecular formula is C17H29NO3. The predicted octanol–water partition coefficient (Wildman–Crippen LogP) is 2.53. The lowest BCUT2D eigenvalue weighted by molar-refractivity contribution is -0.0484. The highest BCUT2D eigenvalue weighted by Gasteiger charge is 2.14. The first kappa shape index (κ1) is 18.0. The van der Waals surface area contributed by atoms with Gasteiger partial charge in [-0.1, -0.05) is 17.7 Å². The van der Waals surface area contributed by atoms with E-state index in [4.69, 9.17) is 9.47 Å². The Bertz CT molecular complexity index is 397. The fourth-order valence-corrected chi connectivity index (χ4v) is 1.66. The zero-order valence-corrected chi connectivity index (χ0v) is 13.8. The van der Waals surface area contributed by atoms with Crippen LogP contribution in [0, 0.1) is 6.92 Å². The first-order chi connectivity index (χ1) is 9.76. The van der Waals surface area contributed by atoms with Gasteiger partial charge in [0.2, 0.25) is 0 Å². The molecule has 1 aromatic carbocycles. The Morgan fingerprint density at radius 2 is 1.76 bits per heavy atom. The number of aliphatic hydroxyl groups is 1. The van der Waals surface area contributed by atoms with Crippen molar-refractivity contribution in [3.8, 4) is 5.75 Å². The van der Waals surface area contributed by atoms with E-state index in [9.17, 15) is 5.11 Å². The van der Waals surface area contributed by atoms with Crippen LogP contribution >= 0.6 is 0 Å². The molecule has 4 heteroatoms. The summed E-state index contributed by atoms with van der Waals surface area (Å²) in [5, 5.41) is 13.1. The highest BCUT2D eigenvalue weighted by Crippen LogP contribution is 2.11. The minimum Gasteiger partial charge on any atom is -0.492 e. The quantitative estimate of drug-likeness (QED) is 0.774. The molecule has 0 fully saturated rings. The second-order valence-electron chi connectivity index (χ2n) is 6.51. The lowest BCUT2D eigenvalue weighted by Crippen LogP contribution is -2.40. The molecule has 0 bridgehead atoms. The van der Waals surface area contributed by atoms with Crippen molar-refractivity contribution in [3.63, 3.8) is 0 Å². The minimum absolute atomic E-state index is 0.163. The zero-order chi connectivity index (χ0) is 15.9. The van der Waals surface area contributed by atoms with Crippen LogP contribution in [0.5, 0.6) is 5.75 Å². The molecule has 0 amide bonds. The SMILES string of the molecule is Cc1ccc(OCC(C)NCC(O)COC(C)(C)C)cc1. The molecule has 1 rings (SSSR count). The first-order valence-electron chi connectivity index (χ1n) is 7.51. The molecule has 1 aromatic rings. The van der Waals surface area contributed by atoms with Crippen LogP contribution in [-0.4, -0.2) is 42.6 Å². The number of hydrogen-bond donors (Lipinski definition) is 2. The monoisotopic (exact) mass is 295 g/mol. The second-order valence-corrected chi connectivity index (χ2v) is 6.51. The van der Waals surface area contributed by atoms with Crippen LogP contribution in [0.3, 0.4) is 0 Å². The summed E-state index contributed by atoms with van der Waals surface area (Å²) in [5.74, 6) is 0.867. The lowest BCUT2D eigenvalue weighted by atomic mass is 10.2. The smallest absolute Gasteiger partial charge is 0.119 e. The molecule has 0 radical (unpaired) electrons. The van der Waals surface area contributed by atoms with Crippen molar-refractivity contribution >= 4 is 0 Å². The Balaban J connectivity index is 2.18. The van der Waals surface area contributed by atoms with Gasteiger partial charge in [-0.3, -0.25) is 0 Å². The van der Waals surface area contributed by atoms with E-state index in [2.05, 4.69) is 12.2 Å². The number of rotatable bonds is 8. The third-order valence-electron chi connectivity index (χ3n) is 2.93. The average molecular weight is 295 g/mol. The average Bonchev–Trinajstić information content (AvgIpc) is 2.41. The molecule has 0 aromatic heterocycles.